The summed E-state index contributed by atoms with van der Waals surface area (Å²) in [7, 11) is 0. The molecule has 3 atom stereocenters. The standard InChI is InChI=1S/C7H12O/c8-4-7-5-1-2-6(7)3-5/h5-8H,1-4H2/t5-,6+,7?. The second-order valence-corrected chi connectivity index (χ2v) is 3.18. The van der Waals surface area contributed by atoms with Gasteiger partial charge in [0.2, 0.25) is 0 Å². The van der Waals surface area contributed by atoms with E-state index in [0.29, 0.717) is 6.61 Å². The molecule has 3 aliphatic carbocycles. The topological polar surface area (TPSA) is 20.2 Å². The summed E-state index contributed by atoms with van der Waals surface area (Å²) in [6, 6.07) is 0. The Kier molecular flexibility index (Phi) is 0.884. The van der Waals surface area contributed by atoms with Crippen LogP contribution >= 0.6 is 0 Å². The van der Waals surface area contributed by atoms with Gasteiger partial charge in [-0.2, -0.15) is 0 Å². The van der Waals surface area contributed by atoms with Crippen molar-refractivity contribution in [1.82, 2.24) is 0 Å². The Hall–Kier alpha value is -0.0400. The van der Waals surface area contributed by atoms with Gasteiger partial charge in [0, 0.05) is 6.61 Å². The summed E-state index contributed by atoms with van der Waals surface area (Å²) in [5.41, 5.74) is 0. The summed E-state index contributed by atoms with van der Waals surface area (Å²) in [6.07, 6.45) is 4.22. The molecule has 0 heterocycles. The van der Waals surface area contributed by atoms with E-state index in [2.05, 4.69) is 0 Å². The van der Waals surface area contributed by atoms with Crippen molar-refractivity contribution in [2.75, 3.05) is 6.61 Å². The maximum absolute atomic E-state index is 8.77. The Labute approximate surface area is 49.7 Å². The monoisotopic (exact) mass is 112 g/mol. The van der Waals surface area contributed by atoms with Crippen molar-refractivity contribution in [3.8, 4) is 0 Å². The highest BCUT2D eigenvalue weighted by atomic mass is 16.3. The molecule has 2 bridgehead atoms. The van der Waals surface area contributed by atoms with Gasteiger partial charge in [0.05, 0.1) is 0 Å². The molecule has 8 heavy (non-hydrogen) atoms. The summed E-state index contributed by atoms with van der Waals surface area (Å²) in [4.78, 5) is 0. The average molecular weight is 112 g/mol. The number of hydrogen-bond acceptors (Lipinski definition) is 1. The highest BCUT2D eigenvalue weighted by Gasteiger charge is 2.45. The highest BCUT2D eigenvalue weighted by Crippen LogP contribution is 2.52. The Morgan fingerprint density at radius 2 is 1.88 bits per heavy atom. The van der Waals surface area contributed by atoms with Crippen LogP contribution in [0.2, 0.25) is 0 Å². The molecule has 3 saturated carbocycles. The van der Waals surface area contributed by atoms with Gasteiger partial charge in [-0.05, 0) is 37.0 Å². The molecule has 0 saturated heterocycles. The van der Waals surface area contributed by atoms with Crippen molar-refractivity contribution in [2.24, 2.45) is 17.8 Å². The van der Waals surface area contributed by atoms with Crippen LogP contribution in [0.1, 0.15) is 19.3 Å². The molecule has 3 fully saturated rings. The van der Waals surface area contributed by atoms with Gasteiger partial charge in [0.15, 0.2) is 0 Å². The third kappa shape index (κ3) is 0.408. The van der Waals surface area contributed by atoms with E-state index in [4.69, 9.17) is 5.11 Å². The molecular formula is C7H12O. The summed E-state index contributed by atoms with van der Waals surface area (Å²) in [6.45, 7) is 0.454. The first-order valence-electron chi connectivity index (χ1n) is 3.52. The smallest absolute Gasteiger partial charge is 0.0464 e. The lowest BCUT2D eigenvalue weighted by Gasteiger charge is -2.33. The van der Waals surface area contributed by atoms with Crippen molar-refractivity contribution < 1.29 is 5.11 Å². The summed E-state index contributed by atoms with van der Waals surface area (Å²) in [5, 5.41) is 8.77. The van der Waals surface area contributed by atoms with Gasteiger partial charge in [0.1, 0.15) is 0 Å². The van der Waals surface area contributed by atoms with Crippen molar-refractivity contribution in [3.63, 3.8) is 0 Å². The van der Waals surface area contributed by atoms with E-state index in [-0.39, 0.29) is 0 Å². The molecule has 0 radical (unpaired) electrons. The lowest BCUT2D eigenvalue weighted by Crippen LogP contribution is -2.30. The number of fused-ring (bicyclic) bond motifs is 1. The number of aliphatic hydroxyl groups is 1. The number of hydrogen-bond donors (Lipinski definition) is 1. The molecule has 3 rings (SSSR count). The zero-order chi connectivity index (χ0) is 5.56. The molecule has 46 valence electrons. The molecule has 0 amide bonds. The van der Waals surface area contributed by atoms with Crippen molar-refractivity contribution >= 4 is 0 Å². The molecule has 1 nitrogen and oxygen atoms in total. The quantitative estimate of drug-likeness (QED) is 0.537. The van der Waals surface area contributed by atoms with Crippen LogP contribution in [0.3, 0.4) is 0 Å². The Bertz CT molecular complexity index is 86.6. The molecule has 1 unspecified atom stereocenters. The molecular weight excluding hydrogens is 100 g/mol. The first kappa shape index (κ1) is 4.80. The molecule has 0 aromatic heterocycles. The van der Waals surface area contributed by atoms with E-state index in [1.54, 1.807) is 0 Å². The van der Waals surface area contributed by atoms with Gasteiger partial charge in [-0.1, -0.05) is 0 Å². The minimum absolute atomic E-state index is 0.454. The van der Waals surface area contributed by atoms with E-state index in [9.17, 15) is 0 Å². The first-order valence-corrected chi connectivity index (χ1v) is 3.52. The first-order chi connectivity index (χ1) is 3.92. The second-order valence-electron chi connectivity index (χ2n) is 3.18. The van der Waals surface area contributed by atoms with Crippen molar-refractivity contribution in [1.29, 1.82) is 0 Å². The van der Waals surface area contributed by atoms with Crippen LogP contribution in [0.4, 0.5) is 0 Å². The van der Waals surface area contributed by atoms with E-state index in [1.807, 2.05) is 0 Å². The number of rotatable bonds is 1. The minimum Gasteiger partial charge on any atom is -0.396 e. The van der Waals surface area contributed by atoms with Crippen LogP contribution in [0.15, 0.2) is 0 Å². The van der Waals surface area contributed by atoms with E-state index in [1.165, 1.54) is 19.3 Å². The van der Waals surface area contributed by atoms with Crippen molar-refractivity contribution in [3.05, 3.63) is 0 Å². The molecule has 1 N–H and O–H groups in total. The zero-order valence-electron chi connectivity index (χ0n) is 5.01. The lowest BCUT2D eigenvalue weighted by molar-refractivity contribution is 0.0770. The zero-order valence-corrected chi connectivity index (χ0v) is 5.01. The average Bonchev–Trinajstić information content (AvgIpc) is 2.19. The maximum atomic E-state index is 8.77. The fraction of sp³-hybridized carbons (Fsp3) is 1.00. The lowest BCUT2D eigenvalue weighted by atomic mass is 9.73. The van der Waals surface area contributed by atoms with Crippen LogP contribution < -0.4 is 0 Å². The van der Waals surface area contributed by atoms with Crippen molar-refractivity contribution in [2.45, 2.75) is 19.3 Å². The molecule has 0 spiro atoms. The van der Waals surface area contributed by atoms with Crippen LogP contribution in [0.25, 0.3) is 0 Å². The van der Waals surface area contributed by atoms with Crippen LogP contribution in [-0.2, 0) is 0 Å². The molecule has 3 aliphatic rings. The van der Waals surface area contributed by atoms with E-state index >= 15 is 0 Å². The largest absolute Gasteiger partial charge is 0.396 e. The summed E-state index contributed by atoms with van der Waals surface area (Å²) in [5.74, 6) is 2.56. The SMILES string of the molecule is OCC1[C@@H]2CC[C@H]1C2. The summed E-state index contributed by atoms with van der Waals surface area (Å²) >= 11 is 0. The molecule has 0 aromatic carbocycles. The maximum Gasteiger partial charge on any atom is 0.0464 e. The Morgan fingerprint density at radius 1 is 1.25 bits per heavy atom. The van der Waals surface area contributed by atoms with Gasteiger partial charge >= 0.3 is 0 Å². The van der Waals surface area contributed by atoms with Crippen LogP contribution in [-0.4, -0.2) is 11.7 Å². The van der Waals surface area contributed by atoms with Crippen LogP contribution in [0, 0.1) is 17.8 Å². The predicted octanol–water partition coefficient (Wildman–Crippen LogP) is 1.02. The predicted molar refractivity (Wildman–Crippen MR) is 31.4 cm³/mol. The van der Waals surface area contributed by atoms with Gasteiger partial charge in [-0.15, -0.1) is 0 Å². The minimum atomic E-state index is 0.454. The molecule has 0 aliphatic heterocycles. The third-order valence-corrected chi connectivity index (χ3v) is 2.94. The summed E-state index contributed by atoms with van der Waals surface area (Å²) < 4.78 is 0. The van der Waals surface area contributed by atoms with E-state index < -0.39 is 0 Å². The Morgan fingerprint density at radius 3 is 2.12 bits per heavy atom. The van der Waals surface area contributed by atoms with Gasteiger partial charge in [-0.25, -0.2) is 0 Å². The van der Waals surface area contributed by atoms with Crippen LogP contribution in [0.5, 0.6) is 0 Å². The Balaban J connectivity index is 2.02. The van der Waals surface area contributed by atoms with Gasteiger partial charge in [-0.3, -0.25) is 0 Å². The fourth-order valence-electron chi connectivity index (χ4n) is 2.32. The van der Waals surface area contributed by atoms with Gasteiger partial charge < -0.3 is 5.11 Å². The highest BCUT2D eigenvalue weighted by molar-refractivity contribution is 4.95. The fourth-order valence-corrected chi connectivity index (χ4v) is 2.32. The van der Waals surface area contributed by atoms with Gasteiger partial charge in [0.25, 0.3) is 0 Å². The normalized spacial score (nSPS) is 51.4. The molecule has 1 heteroatoms. The van der Waals surface area contributed by atoms with E-state index in [0.717, 1.165) is 17.8 Å². The number of aliphatic hydroxyl groups excluding tert-OH is 1. The third-order valence-electron chi connectivity index (χ3n) is 2.94. The molecule has 0 aromatic rings. The second kappa shape index (κ2) is 1.47.